The molecule has 0 radical (unpaired) electrons. The summed E-state index contributed by atoms with van der Waals surface area (Å²) in [5.74, 6) is -0.149. The standard InChI is InChI=1S/C15H18N2O2S/c1-2-12-7-8-14(20-12)15(19)17-9-13(18)10-3-5-11(16)6-4-10/h3-8,13,18H,2,9,16H2,1H3,(H,17,19). The molecule has 0 bridgehead atoms. The molecule has 1 aromatic heterocycles. The highest BCUT2D eigenvalue weighted by Crippen LogP contribution is 2.17. The SMILES string of the molecule is CCc1ccc(C(=O)NCC(O)c2ccc(N)cc2)s1. The van der Waals surface area contributed by atoms with Crippen LogP contribution < -0.4 is 11.1 Å². The zero-order valence-electron chi connectivity index (χ0n) is 11.3. The van der Waals surface area contributed by atoms with Gasteiger partial charge in [-0.15, -0.1) is 11.3 Å². The third kappa shape index (κ3) is 3.59. The number of nitrogens with one attached hydrogen (secondary N) is 1. The van der Waals surface area contributed by atoms with Crippen LogP contribution in [0.5, 0.6) is 0 Å². The third-order valence-corrected chi connectivity index (χ3v) is 4.24. The Labute approximate surface area is 122 Å². The number of hydrogen-bond donors (Lipinski definition) is 3. The number of thiophene rings is 1. The molecule has 1 aromatic carbocycles. The maximum Gasteiger partial charge on any atom is 0.261 e. The van der Waals surface area contributed by atoms with Gasteiger partial charge in [0, 0.05) is 17.1 Å². The van der Waals surface area contributed by atoms with Gasteiger partial charge < -0.3 is 16.2 Å². The fourth-order valence-electron chi connectivity index (χ4n) is 1.80. The lowest BCUT2D eigenvalue weighted by Crippen LogP contribution is -2.27. The highest BCUT2D eigenvalue weighted by atomic mass is 32.1. The van der Waals surface area contributed by atoms with Crippen molar-refractivity contribution in [1.29, 1.82) is 0 Å². The van der Waals surface area contributed by atoms with Crippen LogP contribution in [-0.4, -0.2) is 17.6 Å². The first kappa shape index (κ1) is 14.6. The van der Waals surface area contributed by atoms with E-state index >= 15 is 0 Å². The van der Waals surface area contributed by atoms with Gasteiger partial charge in [0.2, 0.25) is 0 Å². The number of rotatable bonds is 5. The minimum absolute atomic E-state index is 0.149. The summed E-state index contributed by atoms with van der Waals surface area (Å²) in [6.45, 7) is 2.24. The molecular formula is C15H18N2O2S. The van der Waals surface area contributed by atoms with Gasteiger partial charge in [0.15, 0.2) is 0 Å². The first-order valence-corrected chi connectivity index (χ1v) is 7.32. The summed E-state index contributed by atoms with van der Waals surface area (Å²) in [6.07, 6.45) is 0.191. The van der Waals surface area contributed by atoms with Gasteiger partial charge in [-0.05, 0) is 36.2 Å². The van der Waals surface area contributed by atoms with Gasteiger partial charge in [0.25, 0.3) is 5.91 Å². The van der Waals surface area contributed by atoms with E-state index in [0.717, 1.165) is 12.0 Å². The highest BCUT2D eigenvalue weighted by molar-refractivity contribution is 7.14. The molecule has 0 aliphatic carbocycles. The summed E-state index contributed by atoms with van der Waals surface area (Å²) in [4.78, 5) is 13.8. The zero-order chi connectivity index (χ0) is 14.5. The van der Waals surface area contributed by atoms with Crippen LogP contribution in [0.3, 0.4) is 0 Å². The number of aliphatic hydroxyl groups is 1. The number of carbonyl (C=O) groups excluding carboxylic acids is 1. The van der Waals surface area contributed by atoms with Gasteiger partial charge in [-0.1, -0.05) is 19.1 Å². The van der Waals surface area contributed by atoms with Gasteiger partial charge in [0.05, 0.1) is 11.0 Å². The summed E-state index contributed by atoms with van der Waals surface area (Å²) in [5.41, 5.74) is 6.98. The van der Waals surface area contributed by atoms with Gasteiger partial charge in [-0.25, -0.2) is 0 Å². The lowest BCUT2D eigenvalue weighted by Gasteiger charge is -2.12. The number of aryl methyl sites for hydroxylation is 1. The fraction of sp³-hybridized carbons (Fsp3) is 0.267. The number of nitrogens with two attached hydrogens (primary N) is 1. The molecule has 5 heteroatoms. The normalized spacial score (nSPS) is 12.1. The Morgan fingerprint density at radius 2 is 2.00 bits per heavy atom. The fourth-order valence-corrected chi connectivity index (χ4v) is 2.67. The predicted octanol–water partition coefficient (Wildman–Crippen LogP) is 2.36. The molecule has 0 aliphatic heterocycles. The first-order chi connectivity index (χ1) is 9.60. The highest BCUT2D eigenvalue weighted by Gasteiger charge is 2.12. The number of amides is 1. The van der Waals surface area contributed by atoms with E-state index in [1.54, 1.807) is 24.3 Å². The molecule has 1 amide bonds. The average molecular weight is 290 g/mol. The zero-order valence-corrected chi connectivity index (χ0v) is 12.1. The van der Waals surface area contributed by atoms with Crippen LogP contribution in [0.2, 0.25) is 0 Å². The van der Waals surface area contributed by atoms with Gasteiger partial charge in [-0.2, -0.15) is 0 Å². The third-order valence-electron chi connectivity index (χ3n) is 3.01. The Balaban J connectivity index is 1.91. The Hall–Kier alpha value is -1.85. The van der Waals surface area contributed by atoms with Gasteiger partial charge in [0.1, 0.15) is 0 Å². The molecule has 0 saturated heterocycles. The van der Waals surface area contributed by atoms with E-state index in [-0.39, 0.29) is 12.5 Å². The molecule has 0 fully saturated rings. The topological polar surface area (TPSA) is 75.3 Å². The van der Waals surface area contributed by atoms with Crippen molar-refractivity contribution < 1.29 is 9.90 Å². The largest absolute Gasteiger partial charge is 0.399 e. The van der Waals surface area contributed by atoms with Gasteiger partial charge >= 0.3 is 0 Å². The average Bonchev–Trinajstić information content (AvgIpc) is 2.94. The van der Waals surface area contributed by atoms with E-state index in [9.17, 15) is 9.90 Å². The van der Waals surface area contributed by atoms with E-state index in [2.05, 4.69) is 12.2 Å². The molecular weight excluding hydrogens is 272 g/mol. The maximum absolute atomic E-state index is 11.9. The molecule has 0 spiro atoms. The molecule has 4 N–H and O–H groups in total. The monoisotopic (exact) mass is 290 g/mol. The van der Waals surface area contributed by atoms with Crippen LogP contribution in [0.25, 0.3) is 0 Å². The molecule has 2 aromatic rings. The first-order valence-electron chi connectivity index (χ1n) is 6.50. The Kier molecular flexibility index (Phi) is 4.76. The summed E-state index contributed by atoms with van der Waals surface area (Å²) in [6, 6.07) is 10.7. The lowest BCUT2D eigenvalue weighted by molar-refractivity contribution is 0.0920. The maximum atomic E-state index is 11.9. The predicted molar refractivity (Wildman–Crippen MR) is 81.8 cm³/mol. The Morgan fingerprint density at radius 3 is 2.60 bits per heavy atom. The van der Waals surface area contributed by atoms with Crippen LogP contribution in [0, 0.1) is 0 Å². The van der Waals surface area contributed by atoms with Crippen molar-refractivity contribution in [1.82, 2.24) is 5.32 Å². The molecule has 2 rings (SSSR count). The van der Waals surface area contributed by atoms with Crippen LogP contribution in [0.1, 0.15) is 33.1 Å². The van der Waals surface area contributed by atoms with E-state index < -0.39 is 6.10 Å². The van der Waals surface area contributed by atoms with E-state index in [0.29, 0.717) is 10.6 Å². The second-order valence-corrected chi connectivity index (χ2v) is 5.68. The molecule has 106 valence electrons. The van der Waals surface area contributed by atoms with Crippen molar-refractivity contribution in [2.24, 2.45) is 0 Å². The van der Waals surface area contributed by atoms with Gasteiger partial charge in [-0.3, -0.25) is 4.79 Å². The summed E-state index contributed by atoms with van der Waals surface area (Å²) in [7, 11) is 0. The molecule has 0 aliphatic rings. The number of aliphatic hydroxyl groups excluding tert-OH is 1. The minimum atomic E-state index is -0.731. The molecule has 20 heavy (non-hydrogen) atoms. The molecule has 1 heterocycles. The summed E-state index contributed by atoms with van der Waals surface area (Å²) < 4.78 is 0. The molecule has 1 atom stereocenters. The van der Waals surface area contributed by atoms with Crippen LogP contribution in [0.15, 0.2) is 36.4 Å². The van der Waals surface area contributed by atoms with Crippen molar-refractivity contribution in [3.63, 3.8) is 0 Å². The minimum Gasteiger partial charge on any atom is -0.399 e. The van der Waals surface area contributed by atoms with Crippen molar-refractivity contribution in [2.75, 3.05) is 12.3 Å². The van der Waals surface area contributed by atoms with Crippen LogP contribution >= 0.6 is 11.3 Å². The smallest absolute Gasteiger partial charge is 0.261 e. The van der Waals surface area contributed by atoms with Crippen molar-refractivity contribution in [2.45, 2.75) is 19.4 Å². The number of nitrogen functional groups attached to an aromatic ring is 1. The number of benzene rings is 1. The van der Waals surface area contributed by atoms with Crippen LogP contribution in [0.4, 0.5) is 5.69 Å². The van der Waals surface area contributed by atoms with Crippen molar-refractivity contribution in [3.8, 4) is 0 Å². The quantitative estimate of drug-likeness (QED) is 0.740. The van der Waals surface area contributed by atoms with E-state index in [1.165, 1.54) is 16.2 Å². The molecule has 0 saturated carbocycles. The summed E-state index contributed by atoms with van der Waals surface area (Å²) >= 11 is 1.48. The Bertz CT molecular complexity index is 578. The molecule has 1 unspecified atom stereocenters. The number of hydrogen-bond acceptors (Lipinski definition) is 4. The molecule has 4 nitrogen and oxygen atoms in total. The number of anilines is 1. The van der Waals surface area contributed by atoms with Crippen molar-refractivity contribution >= 4 is 22.9 Å². The lowest BCUT2D eigenvalue weighted by atomic mass is 10.1. The second-order valence-electron chi connectivity index (χ2n) is 4.51. The summed E-state index contributed by atoms with van der Waals surface area (Å²) in [5, 5.41) is 12.7. The Morgan fingerprint density at radius 1 is 1.30 bits per heavy atom. The van der Waals surface area contributed by atoms with Crippen molar-refractivity contribution in [3.05, 3.63) is 51.7 Å². The van der Waals surface area contributed by atoms with E-state index in [4.69, 9.17) is 5.73 Å². The number of carbonyl (C=O) groups is 1. The van der Waals surface area contributed by atoms with E-state index in [1.807, 2.05) is 12.1 Å². The van der Waals surface area contributed by atoms with Crippen LogP contribution in [-0.2, 0) is 6.42 Å². The second kappa shape index (κ2) is 6.54.